The summed E-state index contributed by atoms with van der Waals surface area (Å²) < 4.78 is 5.30. The van der Waals surface area contributed by atoms with Crippen LogP contribution in [0.4, 0.5) is 0 Å². The monoisotopic (exact) mass is 303 g/mol. The molecule has 7 heteroatoms. The Bertz CT molecular complexity index is 676. The van der Waals surface area contributed by atoms with Crippen molar-refractivity contribution < 1.29 is 19.1 Å². The molecule has 0 radical (unpaired) electrons. The predicted octanol–water partition coefficient (Wildman–Crippen LogP) is 1.88. The Balaban J connectivity index is 2.13. The molecule has 1 amide bonds. The van der Waals surface area contributed by atoms with Crippen LogP contribution in [0.2, 0.25) is 0 Å². The maximum atomic E-state index is 12.1. The molecule has 1 atom stereocenters. The lowest BCUT2D eigenvalue weighted by Gasteiger charge is -2.17. The van der Waals surface area contributed by atoms with Gasteiger partial charge in [0.05, 0.1) is 0 Å². The first-order valence-electron chi connectivity index (χ1n) is 6.82. The molecule has 0 spiro atoms. The lowest BCUT2D eigenvalue weighted by molar-refractivity contribution is -0.140. The van der Waals surface area contributed by atoms with E-state index in [1.165, 1.54) is 0 Å². The summed E-state index contributed by atoms with van der Waals surface area (Å²) in [6.07, 6.45) is 0. The third-order valence-corrected chi connectivity index (χ3v) is 3.14. The van der Waals surface area contributed by atoms with Gasteiger partial charge in [-0.15, -0.1) is 10.2 Å². The molecule has 2 rings (SSSR count). The Morgan fingerprint density at radius 3 is 2.27 bits per heavy atom. The highest BCUT2D eigenvalue weighted by Gasteiger charge is 2.23. The van der Waals surface area contributed by atoms with Crippen molar-refractivity contribution in [1.29, 1.82) is 0 Å². The molecule has 0 aliphatic carbocycles. The molecule has 1 unspecified atom stereocenters. The molecule has 1 heterocycles. The number of aliphatic carboxylic acids is 1. The molecule has 0 aliphatic rings. The second-order valence-electron chi connectivity index (χ2n) is 5.24. The van der Waals surface area contributed by atoms with Gasteiger partial charge in [0.15, 0.2) is 0 Å². The third kappa shape index (κ3) is 3.49. The van der Waals surface area contributed by atoms with E-state index in [9.17, 15) is 9.59 Å². The van der Waals surface area contributed by atoms with Crippen LogP contribution in [0.15, 0.2) is 28.7 Å². The first-order valence-corrected chi connectivity index (χ1v) is 6.82. The first kappa shape index (κ1) is 15.7. The number of carboxylic acid groups (broad SMARTS) is 1. The van der Waals surface area contributed by atoms with Crippen molar-refractivity contribution in [1.82, 2.24) is 15.5 Å². The fourth-order valence-electron chi connectivity index (χ4n) is 1.92. The van der Waals surface area contributed by atoms with Crippen molar-refractivity contribution in [2.45, 2.75) is 26.8 Å². The molecule has 0 aliphatic heterocycles. The number of nitrogens with one attached hydrogen (secondary N) is 1. The number of hydrogen-bond acceptors (Lipinski definition) is 5. The average molecular weight is 303 g/mol. The minimum atomic E-state index is -1.05. The van der Waals surface area contributed by atoms with Crippen molar-refractivity contribution >= 4 is 11.9 Å². The highest BCUT2D eigenvalue weighted by atomic mass is 16.4. The summed E-state index contributed by atoms with van der Waals surface area (Å²) in [5, 5.41) is 19.2. The summed E-state index contributed by atoms with van der Waals surface area (Å²) in [6, 6.07) is 5.60. The Morgan fingerprint density at radius 2 is 1.82 bits per heavy atom. The third-order valence-electron chi connectivity index (χ3n) is 3.14. The van der Waals surface area contributed by atoms with Gasteiger partial charge in [-0.3, -0.25) is 4.79 Å². The van der Waals surface area contributed by atoms with Crippen LogP contribution in [0, 0.1) is 12.8 Å². The molecule has 1 aromatic carbocycles. The van der Waals surface area contributed by atoms with Gasteiger partial charge in [0.25, 0.3) is 5.91 Å². The van der Waals surface area contributed by atoms with Crippen molar-refractivity contribution in [3.63, 3.8) is 0 Å². The second kappa shape index (κ2) is 6.38. The number of aromatic nitrogens is 2. The number of carboxylic acids is 1. The van der Waals surface area contributed by atoms with Crippen molar-refractivity contribution in [3.8, 4) is 11.5 Å². The Morgan fingerprint density at radius 1 is 1.18 bits per heavy atom. The van der Waals surface area contributed by atoms with E-state index in [0.717, 1.165) is 0 Å². The summed E-state index contributed by atoms with van der Waals surface area (Å²) in [7, 11) is 0. The second-order valence-corrected chi connectivity index (χ2v) is 5.24. The van der Waals surface area contributed by atoms with E-state index < -0.39 is 17.9 Å². The summed E-state index contributed by atoms with van der Waals surface area (Å²) in [5.41, 5.74) is 1.06. The molecule has 0 fully saturated rings. The molecule has 0 saturated heterocycles. The van der Waals surface area contributed by atoms with Crippen LogP contribution in [0.25, 0.3) is 11.5 Å². The molecule has 22 heavy (non-hydrogen) atoms. The summed E-state index contributed by atoms with van der Waals surface area (Å²) >= 11 is 0. The highest BCUT2D eigenvalue weighted by Crippen LogP contribution is 2.18. The van der Waals surface area contributed by atoms with Crippen molar-refractivity contribution in [3.05, 3.63) is 35.7 Å². The van der Waals surface area contributed by atoms with Gasteiger partial charge in [0.2, 0.25) is 11.8 Å². The zero-order valence-corrected chi connectivity index (χ0v) is 12.5. The van der Waals surface area contributed by atoms with Gasteiger partial charge < -0.3 is 14.8 Å². The van der Waals surface area contributed by atoms with Gasteiger partial charge in [0.1, 0.15) is 6.04 Å². The molecular formula is C15H17N3O4. The Kier molecular flexibility index (Phi) is 4.55. The molecule has 116 valence electrons. The van der Waals surface area contributed by atoms with E-state index in [4.69, 9.17) is 9.52 Å². The largest absolute Gasteiger partial charge is 0.480 e. The van der Waals surface area contributed by atoms with Crippen LogP contribution in [0.1, 0.15) is 30.1 Å². The topological polar surface area (TPSA) is 105 Å². The van der Waals surface area contributed by atoms with Crippen LogP contribution >= 0.6 is 0 Å². The fourth-order valence-corrected chi connectivity index (χ4v) is 1.92. The molecule has 2 aromatic rings. The smallest absolute Gasteiger partial charge is 0.326 e. The van der Waals surface area contributed by atoms with E-state index in [2.05, 4.69) is 15.5 Å². The van der Waals surface area contributed by atoms with Gasteiger partial charge in [-0.2, -0.15) is 0 Å². The van der Waals surface area contributed by atoms with Crippen LogP contribution in [-0.2, 0) is 4.79 Å². The summed E-state index contributed by atoms with van der Waals surface area (Å²) in [4.78, 5) is 23.2. The maximum Gasteiger partial charge on any atom is 0.326 e. The molecule has 0 saturated carbocycles. The lowest BCUT2D eigenvalue weighted by Crippen LogP contribution is -2.44. The number of carbonyl (C=O) groups is 2. The number of benzene rings is 1. The fraction of sp³-hybridized carbons (Fsp3) is 0.333. The maximum absolute atomic E-state index is 12.1. The molecule has 2 N–H and O–H groups in total. The minimum Gasteiger partial charge on any atom is -0.480 e. The van der Waals surface area contributed by atoms with Crippen LogP contribution in [0.5, 0.6) is 0 Å². The predicted molar refractivity (Wildman–Crippen MR) is 78.2 cm³/mol. The van der Waals surface area contributed by atoms with Crippen molar-refractivity contribution in [2.24, 2.45) is 5.92 Å². The normalized spacial score (nSPS) is 12.2. The van der Waals surface area contributed by atoms with E-state index in [1.807, 2.05) is 0 Å². The average Bonchev–Trinajstić information content (AvgIpc) is 2.90. The molecule has 1 aromatic heterocycles. The van der Waals surface area contributed by atoms with E-state index in [-0.39, 0.29) is 5.92 Å². The number of nitrogens with zero attached hydrogens (tertiary/aromatic N) is 2. The van der Waals surface area contributed by atoms with E-state index >= 15 is 0 Å². The number of aryl methyl sites for hydroxylation is 1. The van der Waals surface area contributed by atoms with Gasteiger partial charge in [-0.1, -0.05) is 13.8 Å². The Labute approximate surface area is 127 Å². The zero-order valence-electron chi connectivity index (χ0n) is 12.5. The molecule has 0 bridgehead atoms. The highest BCUT2D eigenvalue weighted by molar-refractivity contribution is 5.96. The van der Waals surface area contributed by atoms with Gasteiger partial charge in [0, 0.05) is 18.1 Å². The number of hydrogen-bond donors (Lipinski definition) is 2. The standard InChI is InChI=1S/C15H17N3O4/c1-8(2)12(15(20)21)16-13(19)10-4-6-11(7-5-10)14-18-17-9(3)22-14/h4-8,12H,1-3H3,(H,16,19)(H,20,21). The zero-order chi connectivity index (χ0) is 16.3. The first-order chi connectivity index (χ1) is 10.4. The number of carbonyl (C=O) groups excluding carboxylic acids is 1. The van der Waals surface area contributed by atoms with Gasteiger partial charge in [-0.25, -0.2) is 4.79 Å². The van der Waals surface area contributed by atoms with E-state index in [0.29, 0.717) is 22.9 Å². The minimum absolute atomic E-state index is 0.206. The molecule has 7 nitrogen and oxygen atoms in total. The van der Waals surface area contributed by atoms with Crippen LogP contribution in [-0.4, -0.2) is 33.2 Å². The number of amides is 1. The van der Waals surface area contributed by atoms with Crippen LogP contribution in [0.3, 0.4) is 0 Å². The quantitative estimate of drug-likeness (QED) is 0.873. The van der Waals surface area contributed by atoms with Gasteiger partial charge >= 0.3 is 5.97 Å². The summed E-state index contributed by atoms with van der Waals surface area (Å²) in [6.45, 7) is 5.16. The number of rotatable bonds is 5. The van der Waals surface area contributed by atoms with E-state index in [1.54, 1.807) is 45.0 Å². The van der Waals surface area contributed by atoms with Crippen molar-refractivity contribution in [2.75, 3.05) is 0 Å². The van der Waals surface area contributed by atoms with Gasteiger partial charge in [-0.05, 0) is 30.2 Å². The summed E-state index contributed by atoms with van der Waals surface area (Å²) in [5.74, 6) is -0.870. The molecular weight excluding hydrogens is 286 g/mol. The van der Waals surface area contributed by atoms with Crippen LogP contribution < -0.4 is 5.32 Å². The SMILES string of the molecule is Cc1nnc(-c2ccc(C(=O)NC(C(=O)O)C(C)C)cc2)o1. The lowest BCUT2D eigenvalue weighted by atomic mass is 10.0. The Hall–Kier alpha value is -2.70.